The zero-order valence-electron chi connectivity index (χ0n) is 8.52. The molecule has 17 heavy (non-hydrogen) atoms. The lowest BCUT2D eigenvalue weighted by Crippen LogP contribution is -2.33. The van der Waals surface area contributed by atoms with Crippen LogP contribution in [-0.2, 0) is 9.59 Å². The van der Waals surface area contributed by atoms with Gasteiger partial charge in [-0.2, -0.15) is 0 Å². The molecule has 4 nitrogen and oxygen atoms in total. The van der Waals surface area contributed by atoms with Crippen molar-refractivity contribution in [2.45, 2.75) is 43.1 Å². The van der Waals surface area contributed by atoms with Gasteiger partial charge in [0, 0.05) is 18.9 Å². The fourth-order valence-electron chi connectivity index (χ4n) is 1.21. The van der Waals surface area contributed by atoms with Gasteiger partial charge in [0.25, 0.3) is 0 Å². The van der Waals surface area contributed by atoms with Crippen molar-refractivity contribution in [3.63, 3.8) is 0 Å². The predicted octanol–water partition coefficient (Wildman–Crippen LogP) is 2.13. The number of hydrogen-bond acceptors (Lipinski definition) is 4. The summed E-state index contributed by atoms with van der Waals surface area (Å²) in [6, 6.07) is 0. The minimum absolute atomic E-state index is 0. The summed E-state index contributed by atoms with van der Waals surface area (Å²) in [6.45, 7) is 2.41. The van der Waals surface area contributed by atoms with Crippen LogP contribution in [-0.4, -0.2) is 38.8 Å². The topological polar surface area (TPSA) is 58.2 Å². The number of nitrogens with one attached hydrogen (secondary N) is 2. The van der Waals surface area contributed by atoms with Crippen molar-refractivity contribution >= 4 is 11.6 Å². The lowest BCUT2D eigenvalue weighted by Gasteiger charge is -2.13. The number of carbonyl (C=O) groups is 2. The number of rotatable bonds is 7. The van der Waals surface area contributed by atoms with E-state index in [0.717, 1.165) is 0 Å². The van der Waals surface area contributed by atoms with Crippen molar-refractivity contribution in [3.05, 3.63) is 0 Å². The molecule has 0 amide bonds. The summed E-state index contributed by atoms with van der Waals surface area (Å²) < 4.78 is 0. The summed E-state index contributed by atoms with van der Waals surface area (Å²) >= 11 is 0. The van der Waals surface area contributed by atoms with Gasteiger partial charge >= 0.3 is 0 Å². The van der Waals surface area contributed by atoms with Gasteiger partial charge < -0.3 is 15.4 Å². The van der Waals surface area contributed by atoms with Crippen LogP contribution in [0.15, 0.2) is 0 Å². The van der Waals surface area contributed by atoms with Crippen molar-refractivity contribution in [1.82, 2.24) is 10.6 Å². The molecule has 0 aliphatic rings. The number of ketones is 2. The molecular formula is C13H34N2O2. The van der Waals surface area contributed by atoms with E-state index in [4.69, 9.17) is 0 Å². The average Bonchev–Trinajstić information content (AvgIpc) is 2.03. The Hall–Kier alpha value is -0.740. The minimum atomic E-state index is -0.185. The van der Waals surface area contributed by atoms with E-state index in [1.54, 1.807) is 14.1 Å². The van der Waals surface area contributed by atoms with Crippen LogP contribution in [0, 0.1) is 5.92 Å². The Morgan fingerprint density at radius 1 is 1.00 bits per heavy atom. The van der Waals surface area contributed by atoms with Crippen LogP contribution in [0.2, 0.25) is 0 Å². The number of Topliss-reactive ketones (excluding diaryl/α,β-unsaturated/α-hetero) is 2. The molecule has 0 aromatic heterocycles. The standard InChI is InChI=1S/C9H18N2O2.4CH4/c1-7(12)4-8(5-10-2)9(13)6-11-3;;;;/h8,10-11H,4-6H2,1-3H3;4*1H4. The molecule has 0 radical (unpaired) electrons. The molecule has 0 saturated heterocycles. The van der Waals surface area contributed by atoms with Crippen LogP contribution in [0.1, 0.15) is 43.1 Å². The Morgan fingerprint density at radius 2 is 1.47 bits per heavy atom. The molecule has 0 aliphatic heterocycles. The maximum absolute atomic E-state index is 11.4. The summed E-state index contributed by atoms with van der Waals surface area (Å²) in [5.74, 6) is -0.0355. The van der Waals surface area contributed by atoms with Gasteiger partial charge in [0.2, 0.25) is 0 Å². The summed E-state index contributed by atoms with van der Waals surface area (Å²) in [7, 11) is 3.50. The molecular weight excluding hydrogens is 216 g/mol. The molecule has 0 rings (SSSR count). The van der Waals surface area contributed by atoms with Gasteiger partial charge in [-0.05, 0) is 21.0 Å². The Kier molecular flexibility index (Phi) is 31.0. The van der Waals surface area contributed by atoms with Crippen LogP contribution in [0.25, 0.3) is 0 Å². The normalized spacial score (nSPS) is 9.59. The SMILES string of the molecule is C.C.C.C.CNCC(=O)C(CNC)CC(C)=O. The van der Waals surface area contributed by atoms with Gasteiger partial charge in [-0.1, -0.05) is 29.7 Å². The van der Waals surface area contributed by atoms with Crippen LogP contribution < -0.4 is 10.6 Å². The molecule has 0 bridgehead atoms. The summed E-state index contributed by atoms with van der Waals surface area (Å²) in [5.41, 5.74) is 0. The van der Waals surface area contributed by atoms with E-state index in [1.807, 2.05) is 0 Å². The van der Waals surface area contributed by atoms with E-state index < -0.39 is 0 Å². The highest BCUT2D eigenvalue weighted by Crippen LogP contribution is 2.03. The molecule has 0 spiro atoms. The number of hydrogen-bond donors (Lipinski definition) is 2. The molecule has 0 aromatic rings. The van der Waals surface area contributed by atoms with Gasteiger partial charge in [-0.3, -0.25) is 4.79 Å². The predicted molar refractivity (Wildman–Crippen MR) is 78.6 cm³/mol. The molecule has 0 fully saturated rings. The van der Waals surface area contributed by atoms with Crippen molar-refractivity contribution in [1.29, 1.82) is 0 Å². The molecule has 1 unspecified atom stereocenters. The second kappa shape index (κ2) is 17.6. The molecule has 2 N–H and O–H groups in total. The highest BCUT2D eigenvalue weighted by molar-refractivity contribution is 5.88. The highest BCUT2D eigenvalue weighted by Gasteiger charge is 2.18. The molecule has 0 aliphatic carbocycles. The summed E-state index contributed by atoms with van der Waals surface area (Å²) in [5, 5.41) is 5.70. The minimum Gasteiger partial charge on any atom is -0.319 e. The smallest absolute Gasteiger partial charge is 0.151 e. The third-order valence-corrected chi connectivity index (χ3v) is 1.79. The summed E-state index contributed by atoms with van der Waals surface area (Å²) in [6.07, 6.45) is 0.335. The van der Waals surface area contributed by atoms with E-state index in [2.05, 4.69) is 10.6 Å². The first-order valence-electron chi connectivity index (χ1n) is 4.43. The van der Waals surface area contributed by atoms with Crippen LogP contribution in [0.4, 0.5) is 0 Å². The Balaban J connectivity index is -0.000000120. The first kappa shape index (κ1) is 29.9. The highest BCUT2D eigenvalue weighted by atomic mass is 16.1. The summed E-state index contributed by atoms with van der Waals surface area (Å²) in [4.78, 5) is 22.3. The van der Waals surface area contributed by atoms with E-state index in [9.17, 15) is 9.59 Å². The Morgan fingerprint density at radius 3 is 1.76 bits per heavy atom. The molecule has 108 valence electrons. The first-order valence-corrected chi connectivity index (χ1v) is 4.43. The quantitative estimate of drug-likeness (QED) is 0.727. The lowest BCUT2D eigenvalue weighted by molar-refractivity contribution is -0.126. The van der Waals surface area contributed by atoms with Crippen molar-refractivity contribution in [3.8, 4) is 0 Å². The lowest BCUT2D eigenvalue weighted by atomic mass is 9.98. The Labute approximate surface area is 109 Å². The van der Waals surface area contributed by atoms with Gasteiger partial charge in [0.15, 0.2) is 5.78 Å². The molecule has 0 heterocycles. The van der Waals surface area contributed by atoms with E-state index in [-0.39, 0.29) is 47.2 Å². The monoisotopic (exact) mass is 250 g/mol. The van der Waals surface area contributed by atoms with Crippen molar-refractivity contribution < 1.29 is 9.59 Å². The van der Waals surface area contributed by atoms with Crippen molar-refractivity contribution in [2.75, 3.05) is 27.2 Å². The Bertz CT molecular complexity index is 182. The molecule has 4 heteroatoms. The first-order chi connectivity index (χ1) is 6.11. The average molecular weight is 250 g/mol. The molecule has 0 saturated carbocycles. The van der Waals surface area contributed by atoms with E-state index in [1.165, 1.54) is 6.92 Å². The largest absolute Gasteiger partial charge is 0.319 e. The van der Waals surface area contributed by atoms with E-state index in [0.29, 0.717) is 19.5 Å². The third kappa shape index (κ3) is 15.3. The van der Waals surface area contributed by atoms with Crippen molar-refractivity contribution in [2.24, 2.45) is 5.92 Å². The van der Waals surface area contributed by atoms with Crippen LogP contribution >= 0.6 is 0 Å². The fraction of sp³-hybridized carbons (Fsp3) is 0.846. The second-order valence-electron chi connectivity index (χ2n) is 3.16. The number of likely N-dealkylation sites (N-methyl/N-ethyl adjacent to an activating group) is 1. The van der Waals surface area contributed by atoms with Gasteiger partial charge in [-0.15, -0.1) is 0 Å². The molecule has 1 atom stereocenters. The maximum atomic E-state index is 11.4. The van der Waals surface area contributed by atoms with Gasteiger partial charge in [0.1, 0.15) is 5.78 Å². The van der Waals surface area contributed by atoms with E-state index >= 15 is 0 Å². The van der Waals surface area contributed by atoms with Crippen LogP contribution in [0.3, 0.4) is 0 Å². The third-order valence-electron chi connectivity index (χ3n) is 1.79. The fourth-order valence-corrected chi connectivity index (χ4v) is 1.21. The zero-order chi connectivity index (χ0) is 10.3. The zero-order valence-corrected chi connectivity index (χ0v) is 8.52. The van der Waals surface area contributed by atoms with Gasteiger partial charge in [0.05, 0.1) is 6.54 Å². The van der Waals surface area contributed by atoms with Crippen LogP contribution in [0.5, 0.6) is 0 Å². The number of carbonyl (C=O) groups excluding carboxylic acids is 2. The molecule has 0 aromatic carbocycles. The second-order valence-corrected chi connectivity index (χ2v) is 3.16. The van der Waals surface area contributed by atoms with Gasteiger partial charge in [-0.25, -0.2) is 0 Å². The maximum Gasteiger partial charge on any atom is 0.151 e.